The van der Waals surface area contributed by atoms with E-state index in [0.29, 0.717) is 12.1 Å². The highest BCUT2D eigenvalue weighted by molar-refractivity contribution is 5.93. The molecule has 4 N–H and O–H groups in total. The molecule has 0 unspecified atom stereocenters. The molecule has 0 aliphatic heterocycles. The van der Waals surface area contributed by atoms with Crippen LogP contribution >= 0.6 is 0 Å². The van der Waals surface area contributed by atoms with Crippen LogP contribution in [0.25, 0.3) is 0 Å². The number of H-pyrrole nitrogens is 1. The minimum absolute atomic E-state index is 0.153. The van der Waals surface area contributed by atoms with Gasteiger partial charge in [0, 0.05) is 18.8 Å². The van der Waals surface area contributed by atoms with Gasteiger partial charge in [-0.3, -0.25) is 9.59 Å². The average molecular weight is 237 g/mol. The summed E-state index contributed by atoms with van der Waals surface area (Å²) in [5, 5.41) is 2.80. The molecule has 94 valence electrons. The van der Waals surface area contributed by atoms with Crippen molar-refractivity contribution in [1.82, 2.24) is 10.3 Å². The summed E-state index contributed by atoms with van der Waals surface area (Å²) >= 11 is 0. The van der Waals surface area contributed by atoms with E-state index in [0.717, 1.165) is 32.2 Å². The average Bonchev–Trinajstić information content (AvgIpc) is 2.34. The molecule has 0 fully saturated rings. The fraction of sp³-hybridized carbons (Fsp3) is 0.500. The number of aromatic nitrogens is 1. The SMILES string of the molecule is NCCCCCCNC(=O)c1ccc(=O)[nH]c1. The molecule has 0 aliphatic rings. The zero-order valence-corrected chi connectivity index (χ0v) is 9.87. The van der Waals surface area contributed by atoms with Crippen molar-refractivity contribution in [3.8, 4) is 0 Å². The third-order valence-electron chi connectivity index (χ3n) is 2.46. The summed E-state index contributed by atoms with van der Waals surface area (Å²) in [5.74, 6) is -0.153. The molecular weight excluding hydrogens is 218 g/mol. The van der Waals surface area contributed by atoms with Gasteiger partial charge in [0.2, 0.25) is 5.56 Å². The second-order valence-electron chi connectivity index (χ2n) is 3.90. The van der Waals surface area contributed by atoms with Crippen LogP contribution in [0.2, 0.25) is 0 Å². The molecule has 1 heterocycles. The van der Waals surface area contributed by atoms with Gasteiger partial charge in [0.05, 0.1) is 5.56 Å². The topological polar surface area (TPSA) is 88.0 Å². The van der Waals surface area contributed by atoms with Crippen molar-refractivity contribution in [3.63, 3.8) is 0 Å². The lowest BCUT2D eigenvalue weighted by Gasteiger charge is -2.04. The van der Waals surface area contributed by atoms with Gasteiger partial charge in [0.1, 0.15) is 0 Å². The molecule has 1 aromatic heterocycles. The second-order valence-corrected chi connectivity index (χ2v) is 3.90. The van der Waals surface area contributed by atoms with Crippen LogP contribution in [0.4, 0.5) is 0 Å². The quantitative estimate of drug-likeness (QED) is 0.607. The van der Waals surface area contributed by atoms with Crippen molar-refractivity contribution >= 4 is 5.91 Å². The molecule has 0 saturated heterocycles. The van der Waals surface area contributed by atoms with Crippen molar-refractivity contribution in [2.24, 2.45) is 5.73 Å². The molecule has 1 aromatic rings. The van der Waals surface area contributed by atoms with Crippen molar-refractivity contribution in [2.75, 3.05) is 13.1 Å². The Morgan fingerprint density at radius 1 is 1.24 bits per heavy atom. The summed E-state index contributed by atoms with van der Waals surface area (Å²) in [6, 6.07) is 2.86. The summed E-state index contributed by atoms with van der Waals surface area (Å²) in [6.07, 6.45) is 5.59. The zero-order chi connectivity index (χ0) is 12.5. The molecule has 0 radical (unpaired) electrons. The first kappa shape index (κ1) is 13.4. The van der Waals surface area contributed by atoms with Gasteiger partial charge in [-0.05, 0) is 25.5 Å². The minimum Gasteiger partial charge on any atom is -0.352 e. The number of hydrogen-bond donors (Lipinski definition) is 3. The minimum atomic E-state index is -0.205. The third-order valence-corrected chi connectivity index (χ3v) is 2.46. The van der Waals surface area contributed by atoms with Crippen LogP contribution in [0.3, 0.4) is 0 Å². The predicted molar refractivity (Wildman–Crippen MR) is 66.9 cm³/mol. The molecular formula is C12H19N3O2. The molecule has 0 spiro atoms. The maximum atomic E-state index is 11.6. The third kappa shape index (κ3) is 5.31. The van der Waals surface area contributed by atoms with Gasteiger partial charge in [0.15, 0.2) is 0 Å². The Balaban J connectivity index is 2.21. The summed E-state index contributed by atoms with van der Waals surface area (Å²) in [6.45, 7) is 1.38. The molecule has 1 rings (SSSR count). The van der Waals surface area contributed by atoms with E-state index in [9.17, 15) is 9.59 Å². The number of unbranched alkanes of at least 4 members (excludes halogenated alkanes) is 3. The first-order valence-electron chi connectivity index (χ1n) is 5.91. The van der Waals surface area contributed by atoms with Crippen LogP contribution in [-0.4, -0.2) is 24.0 Å². The van der Waals surface area contributed by atoms with Gasteiger partial charge in [-0.25, -0.2) is 0 Å². The Morgan fingerprint density at radius 2 is 2.00 bits per heavy atom. The highest BCUT2D eigenvalue weighted by atomic mass is 16.1. The Labute approximate surface area is 100 Å². The Morgan fingerprint density at radius 3 is 2.65 bits per heavy atom. The largest absolute Gasteiger partial charge is 0.352 e. The smallest absolute Gasteiger partial charge is 0.252 e. The Bertz CT molecular complexity index is 380. The maximum absolute atomic E-state index is 11.6. The fourth-order valence-corrected chi connectivity index (χ4v) is 1.48. The van der Waals surface area contributed by atoms with Crippen LogP contribution < -0.4 is 16.6 Å². The maximum Gasteiger partial charge on any atom is 0.252 e. The molecule has 1 amide bonds. The van der Waals surface area contributed by atoms with Gasteiger partial charge in [-0.2, -0.15) is 0 Å². The van der Waals surface area contributed by atoms with Crippen LogP contribution in [0, 0.1) is 0 Å². The Hall–Kier alpha value is -1.62. The number of hydrogen-bond acceptors (Lipinski definition) is 3. The number of pyridine rings is 1. The van der Waals surface area contributed by atoms with Gasteiger partial charge in [0.25, 0.3) is 5.91 Å². The molecule has 0 bridgehead atoms. The highest BCUT2D eigenvalue weighted by Gasteiger charge is 2.03. The normalized spacial score (nSPS) is 10.2. The van der Waals surface area contributed by atoms with Crippen LogP contribution in [0.1, 0.15) is 36.0 Å². The number of aromatic amines is 1. The summed E-state index contributed by atoms with van der Waals surface area (Å²) in [7, 11) is 0. The number of rotatable bonds is 7. The number of nitrogens with one attached hydrogen (secondary N) is 2. The highest BCUT2D eigenvalue weighted by Crippen LogP contribution is 1.98. The summed E-state index contributed by atoms with van der Waals surface area (Å²) in [5.41, 5.74) is 5.65. The van der Waals surface area contributed by atoms with E-state index in [1.54, 1.807) is 0 Å². The van der Waals surface area contributed by atoms with Crippen LogP contribution in [0.5, 0.6) is 0 Å². The number of carbonyl (C=O) groups is 1. The van der Waals surface area contributed by atoms with Gasteiger partial charge >= 0.3 is 0 Å². The van der Waals surface area contributed by atoms with Crippen molar-refractivity contribution in [3.05, 3.63) is 34.2 Å². The molecule has 5 heteroatoms. The van der Waals surface area contributed by atoms with Gasteiger partial charge in [-0.15, -0.1) is 0 Å². The summed E-state index contributed by atoms with van der Waals surface area (Å²) < 4.78 is 0. The van der Waals surface area contributed by atoms with E-state index in [1.807, 2.05) is 0 Å². The van der Waals surface area contributed by atoms with Crippen molar-refractivity contribution in [2.45, 2.75) is 25.7 Å². The first-order valence-corrected chi connectivity index (χ1v) is 5.91. The second kappa shape index (κ2) is 7.62. The molecule has 0 atom stereocenters. The van der Waals surface area contributed by atoms with Crippen molar-refractivity contribution < 1.29 is 4.79 Å². The van der Waals surface area contributed by atoms with E-state index in [4.69, 9.17) is 5.73 Å². The molecule has 17 heavy (non-hydrogen) atoms. The van der Waals surface area contributed by atoms with Gasteiger partial charge < -0.3 is 16.0 Å². The monoisotopic (exact) mass is 237 g/mol. The Kier molecular flexibility index (Phi) is 6.03. The van der Waals surface area contributed by atoms with E-state index in [1.165, 1.54) is 18.3 Å². The summed E-state index contributed by atoms with van der Waals surface area (Å²) in [4.78, 5) is 24.9. The predicted octanol–water partition coefficient (Wildman–Crippen LogP) is 0.624. The lowest BCUT2D eigenvalue weighted by molar-refractivity contribution is 0.0952. The van der Waals surface area contributed by atoms with E-state index in [2.05, 4.69) is 10.3 Å². The number of amides is 1. The first-order chi connectivity index (χ1) is 8.24. The van der Waals surface area contributed by atoms with E-state index in [-0.39, 0.29) is 11.5 Å². The number of nitrogens with two attached hydrogens (primary N) is 1. The standard InChI is InChI=1S/C12H19N3O2/c13-7-3-1-2-4-8-14-12(17)10-5-6-11(16)15-9-10/h5-6,9H,1-4,7-8,13H2,(H,14,17)(H,15,16). The van der Waals surface area contributed by atoms with Crippen molar-refractivity contribution in [1.29, 1.82) is 0 Å². The molecule has 5 nitrogen and oxygen atoms in total. The number of carbonyl (C=O) groups excluding carboxylic acids is 1. The zero-order valence-electron chi connectivity index (χ0n) is 9.87. The van der Waals surface area contributed by atoms with Crippen LogP contribution in [-0.2, 0) is 0 Å². The van der Waals surface area contributed by atoms with E-state index >= 15 is 0 Å². The molecule has 0 aliphatic carbocycles. The molecule has 0 aromatic carbocycles. The fourth-order valence-electron chi connectivity index (χ4n) is 1.48. The lowest BCUT2D eigenvalue weighted by atomic mass is 10.2. The van der Waals surface area contributed by atoms with E-state index < -0.39 is 0 Å². The van der Waals surface area contributed by atoms with Crippen LogP contribution in [0.15, 0.2) is 23.1 Å². The van der Waals surface area contributed by atoms with Gasteiger partial charge in [-0.1, -0.05) is 12.8 Å². The molecule has 0 saturated carbocycles. The lowest BCUT2D eigenvalue weighted by Crippen LogP contribution is -2.25.